The standard InChI is InChI=1S/C22H17FN2O7/c23-14-2-4-15(5-3-14)25-20(27)10-16(22(25)30)24(19(26)7-8-21(28)29)11-13-1-6-17-18(9-13)32-12-31-17/h1-9,16H,10-12H2,(H,28,29)/p-1/b8-7+/t16-/m1/s1. The van der Waals surface area contributed by atoms with Crippen molar-refractivity contribution in [1.29, 1.82) is 0 Å². The van der Waals surface area contributed by atoms with Crippen LogP contribution >= 0.6 is 0 Å². The Balaban J connectivity index is 1.64. The summed E-state index contributed by atoms with van der Waals surface area (Å²) in [5.41, 5.74) is 0.745. The van der Waals surface area contributed by atoms with Crippen LogP contribution in [0.4, 0.5) is 10.1 Å². The second-order valence-electron chi connectivity index (χ2n) is 7.07. The number of ether oxygens (including phenoxy) is 2. The van der Waals surface area contributed by atoms with Crippen LogP contribution in [0.3, 0.4) is 0 Å². The van der Waals surface area contributed by atoms with Crippen LogP contribution in [0.15, 0.2) is 54.6 Å². The average molecular weight is 439 g/mol. The van der Waals surface area contributed by atoms with Crippen molar-refractivity contribution in [3.05, 3.63) is 66.0 Å². The van der Waals surface area contributed by atoms with Crippen LogP contribution in [0.5, 0.6) is 11.5 Å². The zero-order valence-electron chi connectivity index (χ0n) is 16.5. The third kappa shape index (κ3) is 4.15. The summed E-state index contributed by atoms with van der Waals surface area (Å²) in [6.07, 6.45) is 1.00. The van der Waals surface area contributed by atoms with E-state index in [0.717, 1.165) is 28.0 Å². The fourth-order valence-corrected chi connectivity index (χ4v) is 3.53. The SMILES string of the molecule is O=C([O-])/C=C/C(=O)N(Cc1ccc2c(c1)OCO2)[C@@H]1CC(=O)N(c2ccc(F)cc2)C1=O. The first-order chi connectivity index (χ1) is 15.3. The molecule has 0 spiro atoms. The molecule has 0 unspecified atom stereocenters. The van der Waals surface area contributed by atoms with Gasteiger partial charge in [-0.3, -0.25) is 14.4 Å². The first-order valence-corrected chi connectivity index (χ1v) is 9.54. The number of rotatable bonds is 6. The van der Waals surface area contributed by atoms with Gasteiger partial charge >= 0.3 is 0 Å². The number of benzene rings is 2. The topological polar surface area (TPSA) is 116 Å². The molecule has 1 fully saturated rings. The molecule has 2 aromatic carbocycles. The second kappa shape index (κ2) is 8.50. The number of anilines is 1. The number of aliphatic carboxylic acids is 1. The normalized spacial score (nSPS) is 17.3. The molecular weight excluding hydrogens is 423 g/mol. The molecule has 0 saturated carbocycles. The Bertz CT molecular complexity index is 1130. The van der Waals surface area contributed by atoms with Crippen molar-refractivity contribution in [2.75, 3.05) is 11.7 Å². The van der Waals surface area contributed by atoms with Crippen LogP contribution in [0.1, 0.15) is 12.0 Å². The first kappa shape index (κ1) is 21.0. The number of carbonyl (C=O) groups excluding carboxylic acids is 4. The molecule has 2 heterocycles. The molecule has 32 heavy (non-hydrogen) atoms. The number of hydrogen-bond acceptors (Lipinski definition) is 7. The molecule has 0 aromatic heterocycles. The highest BCUT2D eigenvalue weighted by Crippen LogP contribution is 2.34. The Morgan fingerprint density at radius 2 is 1.81 bits per heavy atom. The number of fused-ring (bicyclic) bond motifs is 1. The highest BCUT2D eigenvalue weighted by Gasteiger charge is 2.44. The van der Waals surface area contributed by atoms with E-state index in [-0.39, 0.29) is 25.4 Å². The summed E-state index contributed by atoms with van der Waals surface area (Å²) in [4.78, 5) is 51.2. The van der Waals surface area contributed by atoms with Gasteiger partial charge in [0.2, 0.25) is 18.6 Å². The van der Waals surface area contributed by atoms with Crippen LogP contribution in [0.2, 0.25) is 0 Å². The van der Waals surface area contributed by atoms with Crippen molar-refractivity contribution in [1.82, 2.24) is 4.90 Å². The maximum atomic E-state index is 13.2. The molecule has 2 aliphatic heterocycles. The van der Waals surface area contributed by atoms with E-state index in [2.05, 4.69) is 0 Å². The number of nitrogens with zero attached hydrogens (tertiary/aromatic N) is 2. The van der Waals surface area contributed by atoms with E-state index >= 15 is 0 Å². The van der Waals surface area contributed by atoms with E-state index in [0.29, 0.717) is 23.1 Å². The number of halogens is 1. The Morgan fingerprint density at radius 1 is 1.09 bits per heavy atom. The van der Waals surface area contributed by atoms with Crippen LogP contribution in [-0.2, 0) is 25.7 Å². The third-order valence-electron chi connectivity index (χ3n) is 5.02. The lowest BCUT2D eigenvalue weighted by molar-refractivity contribution is -0.297. The number of imide groups is 1. The number of amides is 3. The van der Waals surface area contributed by atoms with E-state index in [4.69, 9.17) is 9.47 Å². The minimum Gasteiger partial charge on any atom is -0.545 e. The number of carboxylic acid groups (broad SMARTS) is 1. The van der Waals surface area contributed by atoms with Crippen LogP contribution < -0.4 is 19.5 Å². The fourth-order valence-electron chi connectivity index (χ4n) is 3.53. The molecule has 10 heteroatoms. The predicted octanol–water partition coefficient (Wildman–Crippen LogP) is 0.521. The van der Waals surface area contributed by atoms with Gasteiger partial charge in [0.25, 0.3) is 5.91 Å². The summed E-state index contributed by atoms with van der Waals surface area (Å²) < 4.78 is 23.8. The van der Waals surface area contributed by atoms with Crippen molar-refractivity contribution in [2.45, 2.75) is 19.0 Å². The highest BCUT2D eigenvalue weighted by molar-refractivity contribution is 6.23. The Morgan fingerprint density at radius 3 is 2.53 bits per heavy atom. The second-order valence-corrected chi connectivity index (χ2v) is 7.07. The molecule has 0 N–H and O–H groups in total. The molecule has 1 saturated heterocycles. The van der Waals surface area contributed by atoms with Gasteiger partial charge in [0, 0.05) is 12.6 Å². The summed E-state index contributed by atoms with van der Waals surface area (Å²) in [5.74, 6) is -3.17. The van der Waals surface area contributed by atoms with Gasteiger partial charge in [0.15, 0.2) is 11.5 Å². The maximum absolute atomic E-state index is 13.2. The maximum Gasteiger partial charge on any atom is 0.257 e. The lowest BCUT2D eigenvalue weighted by Gasteiger charge is -2.27. The molecular formula is C22H16FN2O7-. The molecule has 2 aromatic rings. The van der Waals surface area contributed by atoms with E-state index in [1.54, 1.807) is 18.2 Å². The number of hydrogen-bond donors (Lipinski definition) is 0. The van der Waals surface area contributed by atoms with Gasteiger partial charge in [-0.05, 0) is 48.0 Å². The lowest BCUT2D eigenvalue weighted by atomic mass is 10.1. The van der Waals surface area contributed by atoms with Crippen molar-refractivity contribution >= 4 is 29.4 Å². The summed E-state index contributed by atoms with van der Waals surface area (Å²) >= 11 is 0. The Hall–Kier alpha value is -4.21. The van der Waals surface area contributed by atoms with Gasteiger partial charge < -0.3 is 24.3 Å². The average Bonchev–Trinajstić information content (AvgIpc) is 3.34. The number of carbonyl (C=O) groups is 4. The largest absolute Gasteiger partial charge is 0.545 e. The van der Waals surface area contributed by atoms with E-state index in [1.807, 2.05) is 0 Å². The van der Waals surface area contributed by atoms with Gasteiger partial charge in [-0.15, -0.1) is 0 Å². The summed E-state index contributed by atoms with van der Waals surface area (Å²) in [6, 6.07) is 8.55. The molecule has 0 bridgehead atoms. The van der Waals surface area contributed by atoms with Gasteiger partial charge in [-0.1, -0.05) is 6.07 Å². The number of carboxylic acids is 1. The molecule has 4 rings (SSSR count). The van der Waals surface area contributed by atoms with E-state index < -0.39 is 35.5 Å². The van der Waals surface area contributed by atoms with Crippen molar-refractivity contribution in [2.24, 2.45) is 0 Å². The molecule has 0 aliphatic carbocycles. The Kier molecular flexibility index (Phi) is 5.59. The zero-order chi connectivity index (χ0) is 22.8. The summed E-state index contributed by atoms with van der Waals surface area (Å²) in [5, 5.41) is 10.8. The third-order valence-corrected chi connectivity index (χ3v) is 5.02. The van der Waals surface area contributed by atoms with Crippen LogP contribution in [-0.4, -0.2) is 41.4 Å². The quantitative estimate of drug-likeness (QED) is 0.476. The van der Waals surface area contributed by atoms with Crippen molar-refractivity contribution in [3.63, 3.8) is 0 Å². The minimum absolute atomic E-state index is 0.0536. The van der Waals surface area contributed by atoms with Crippen molar-refractivity contribution in [3.8, 4) is 11.5 Å². The predicted molar refractivity (Wildman–Crippen MR) is 105 cm³/mol. The van der Waals surface area contributed by atoms with Gasteiger partial charge in [-0.25, -0.2) is 9.29 Å². The van der Waals surface area contributed by atoms with Crippen molar-refractivity contribution < 1.29 is 38.1 Å². The molecule has 3 amide bonds. The fraction of sp³-hybridized carbons (Fsp3) is 0.182. The van der Waals surface area contributed by atoms with Gasteiger partial charge in [0.05, 0.1) is 18.1 Å². The van der Waals surface area contributed by atoms with Crippen LogP contribution in [0, 0.1) is 5.82 Å². The molecule has 164 valence electrons. The highest BCUT2D eigenvalue weighted by atomic mass is 19.1. The molecule has 0 radical (unpaired) electrons. The Labute approximate surface area is 181 Å². The summed E-state index contributed by atoms with van der Waals surface area (Å²) in [6.45, 7) is -0.0498. The van der Waals surface area contributed by atoms with Gasteiger partial charge in [-0.2, -0.15) is 0 Å². The first-order valence-electron chi connectivity index (χ1n) is 9.54. The summed E-state index contributed by atoms with van der Waals surface area (Å²) in [7, 11) is 0. The zero-order valence-corrected chi connectivity index (χ0v) is 16.5. The lowest BCUT2D eigenvalue weighted by Crippen LogP contribution is -2.44. The molecule has 9 nitrogen and oxygen atoms in total. The monoisotopic (exact) mass is 439 g/mol. The minimum atomic E-state index is -1.58. The molecule has 1 atom stereocenters. The molecule has 2 aliphatic rings. The van der Waals surface area contributed by atoms with E-state index in [9.17, 15) is 28.7 Å². The van der Waals surface area contributed by atoms with Gasteiger partial charge in [0.1, 0.15) is 11.9 Å². The van der Waals surface area contributed by atoms with Crippen LogP contribution in [0.25, 0.3) is 0 Å². The van der Waals surface area contributed by atoms with E-state index in [1.165, 1.54) is 12.1 Å². The smallest absolute Gasteiger partial charge is 0.257 e.